The number of anilines is 2. The molecule has 0 saturated carbocycles. The van der Waals surface area contributed by atoms with Gasteiger partial charge in [-0.1, -0.05) is 30.3 Å². The molecule has 0 aromatic heterocycles. The largest absolute Gasteiger partial charge is 0.377 e. The van der Waals surface area contributed by atoms with E-state index in [2.05, 4.69) is 17.9 Å². The van der Waals surface area contributed by atoms with Crippen LogP contribution in [0.4, 0.5) is 11.4 Å². The predicted molar refractivity (Wildman–Crippen MR) is 89.6 cm³/mol. The molecule has 0 aliphatic heterocycles. The summed E-state index contributed by atoms with van der Waals surface area (Å²) in [6, 6.07) is 15.4. The smallest absolute Gasteiger partial charge is 0.195 e. The quantitative estimate of drug-likeness (QED) is 0.785. The molecule has 21 heavy (non-hydrogen) atoms. The zero-order valence-electron chi connectivity index (χ0n) is 13.1. The minimum absolute atomic E-state index is 0.0602. The zero-order valence-corrected chi connectivity index (χ0v) is 13.1. The first-order chi connectivity index (χ1) is 10.0. The molecule has 0 unspecified atom stereocenters. The molecule has 110 valence electrons. The number of carbonyl (C=O) groups is 1. The maximum Gasteiger partial charge on any atom is 0.195 e. The first-order valence-electron chi connectivity index (χ1n) is 7.17. The molecule has 2 aromatic carbocycles. The van der Waals surface area contributed by atoms with Gasteiger partial charge in [-0.05, 0) is 25.1 Å². The monoisotopic (exact) mass is 282 g/mol. The summed E-state index contributed by atoms with van der Waals surface area (Å²) < 4.78 is 0. The van der Waals surface area contributed by atoms with Crippen LogP contribution in [-0.4, -0.2) is 33.5 Å². The molecule has 0 radical (unpaired) electrons. The van der Waals surface area contributed by atoms with Gasteiger partial charge in [0.25, 0.3) is 0 Å². The Morgan fingerprint density at radius 1 is 1.00 bits per heavy atom. The van der Waals surface area contributed by atoms with Crippen LogP contribution in [0.1, 0.15) is 22.8 Å². The summed E-state index contributed by atoms with van der Waals surface area (Å²) in [7, 11) is 5.98. The standard InChI is InChI=1S/C18H22N2O/c1-5-20(4)15-11-12-16(17(13-15)19(2)3)18(21)14-9-7-6-8-10-14/h6-13H,5H2,1-4H3. The average molecular weight is 282 g/mol. The average Bonchev–Trinajstić information content (AvgIpc) is 2.53. The highest BCUT2D eigenvalue weighted by Crippen LogP contribution is 2.27. The van der Waals surface area contributed by atoms with E-state index in [0.717, 1.165) is 29.0 Å². The van der Waals surface area contributed by atoms with Crippen molar-refractivity contribution < 1.29 is 4.79 Å². The lowest BCUT2D eigenvalue weighted by atomic mass is 10.0. The summed E-state index contributed by atoms with van der Waals surface area (Å²) in [6.45, 7) is 3.04. The van der Waals surface area contributed by atoms with E-state index in [1.165, 1.54) is 0 Å². The summed E-state index contributed by atoms with van der Waals surface area (Å²) in [6.07, 6.45) is 0. The number of hydrogen-bond donors (Lipinski definition) is 0. The van der Waals surface area contributed by atoms with Crippen LogP contribution in [0.2, 0.25) is 0 Å². The summed E-state index contributed by atoms with van der Waals surface area (Å²) >= 11 is 0. The number of benzene rings is 2. The van der Waals surface area contributed by atoms with Gasteiger partial charge in [0.15, 0.2) is 5.78 Å². The molecule has 0 saturated heterocycles. The Kier molecular flexibility index (Phi) is 4.63. The van der Waals surface area contributed by atoms with Crippen molar-refractivity contribution in [1.82, 2.24) is 0 Å². The van der Waals surface area contributed by atoms with E-state index in [1.807, 2.05) is 68.5 Å². The van der Waals surface area contributed by atoms with E-state index in [1.54, 1.807) is 0 Å². The zero-order chi connectivity index (χ0) is 15.4. The van der Waals surface area contributed by atoms with Crippen LogP contribution >= 0.6 is 0 Å². The van der Waals surface area contributed by atoms with Crippen LogP contribution in [-0.2, 0) is 0 Å². The molecule has 0 spiro atoms. The van der Waals surface area contributed by atoms with Crippen molar-refractivity contribution in [2.24, 2.45) is 0 Å². The normalized spacial score (nSPS) is 10.3. The maximum atomic E-state index is 12.7. The number of hydrogen-bond acceptors (Lipinski definition) is 3. The van der Waals surface area contributed by atoms with Crippen LogP contribution < -0.4 is 9.80 Å². The second-order valence-electron chi connectivity index (χ2n) is 5.31. The minimum atomic E-state index is 0.0602. The van der Waals surface area contributed by atoms with E-state index in [0.29, 0.717) is 0 Å². The highest BCUT2D eigenvalue weighted by Gasteiger charge is 2.16. The lowest BCUT2D eigenvalue weighted by Gasteiger charge is -2.22. The van der Waals surface area contributed by atoms with Gasteiger partial charge >= 0.3 is 0 Å². The van der Waals surface area contributed by atoms with Gasteiger partial charge in [-0.25, -0.2) is 0 Å². The van der Waals surface area contributed by atoms with Crippen molar-refractivity contribution in [2.75, 3.05) is 37.5 Å². The molecule has 3 nitrogen and oxygen atoms in total. The van der Waals surface area contributed by atoms with Crippen LogP contribution in [0.5, 0.6) is 0 Å². The number of nitrogens with zero attached hydrogens (tertiary/aromatic N) is 2. The van der Waals surface area contributed by atoms with Crippen LogP contribution in [0.15, 0.2) is 48.5 Å². The molecule has 0 amide bonds. The molecular weight excluding hydrogens is 260 g/mol. The van der Waals surface area contributed by atoms with Crippen molar-refractivity contribution in [3.63, 3.8) is 0 Å². The number of rotatable bonds is 5. The lowest BCUT2D eigenvalue weighted by Crippen LogP contribution is -2.19. The third-order valence-electron chi connectivity index (χ3n) is 3.66. The predicted octanol–water partition coefficient (Wildman–Crippen LogP) is 3.44. The van der Waals surface area contributed by atoms with Crippen molar-refractivity contribution in [3.8, 4) is 0 Å². The van der Waals surface area contributed by atoms with Crippen molar-refractivity contribution >= 4 is 17.2 Å². The Morgan fingerprint density at radius 2 is 1.67 bits per heavy atom. The van der Waals surface area contributed by atoms with Crippen molar-refractivity contribution in [3.05, 3.63) is 59.7 Å². The fourth-order valence-electron chi connectivity index (χ4n) is 2.25. The molecule has 0 atom stereocenters. The Hall–Kier alpha value is -2.29. The number of ketones is 1. The summed E-state index contributed by atoms with van der Waals surface area (Å²) in [4.78, 5) is 16.8. The Labute approximate surface area is 126 Å². The van der Waals surface area contributed by atoms with Gasteiger partial charge in [-0.3, -0.25) is 4.79 Å². The molecule has 0 bridgehead atoms. The summed E-state index contributed by atoms with van der Waals surface area (Å²) in [5.74, 6) is 0.0602. The van der Waals surface area contributed by atoms with Gasteiger partial charge < -0.3 is 9.80 Å². The summed E-state index contributed by atoms with van der Waals surface area (Å²) in [5.41, 5.74) is 3.52. The van der Waals surface area contributed by atoms with Crippen LogP contribution in [0, 0.1) is 0 Å². The summed E-state index contributed by atoms with van der Waals surface area (Å²) in [5, 5.41) is 0. The topological polar surface area (TPSA) is 23.6 Å². The van der Waals surface area contributed by atoms with E-state index in [9.17, 15) is 4.79 Å². The van der Waals surface area contributed by atoms with E-state index >= 15 is 0 Å². The van der Waals surface area contributed by atoms with Gasteiger partial charge in [0.2, 0.25) is 0 Å². The first kappa shape index (κ1) is 15.1. The highest BCUT2D eigenvalue weighted by molar-refractivity contribution is 6.12. The van der Waals surface area contributed by atoms with Gasteiger partial charge in [0, 0.05) is 50.2 Å². The fraction of sp³-hybridized carbons (Fsp3) is 0.278. The minimum Gasteiger partial charge on any atom is -0.377 e. The molecule has 0 fully saturated rings. The SMILES string of the molecule is CCN(C)c1ccc(C(=O)c2ccccc2)c(N(C)C)c1. The van der Waals surface area contributed by atoms with Gasteiger partial charge in [0.1, 0.15) is 0 Å². The first-order valence-corrected chi connectivity index (χ1v) is 7.17. The van der Waals surface area contributed by atoms with E-state index < -0.39 is 0 Å². The molecule has 0 heterocycles. The third kappa shape index (κ3) is 3.24. The Bertz CT molecular complexity index is 620. The molecular formula is C18H22N2O. The maximum absolute atomic E-state index is 12.7. The molecule has 2 rings (SSSR count). The van der Waals surface area contributed by atoms with E-state index in [4.69, 9.17) is 0 Å². The molecule has 0 aliphatic rings. The molecule has 2 aromatic rings. The second-order valence-corrected chi connectivity index (χ2v) is 5.31. The van der Waals surface area contributed by atoms with Gasteiger partial charge in [0.05, 0.1) is 0 Å². The fourth-order valence-corrected chi connectivity index (χ4v) is 2.25. The van der Waals surface area contributed by atoms with Gasteiger partial charge in [-0.2, -0.15) is 0 Å². The van der Waals surface area contributed by atoms with Crippen molar-refractivity contribution in [2.45, 2.75) is 6.92 Å². The third-order valence-corrected chi connectivity index (χ3v) is 3.66. The molecule has 0 N–H and O–H groups in total. The lowest BCUT2D eigenvalue weighted by molar-refractivity contribution is 0.103. The second kappa shape index (κ2) is 6.44. The highest BCUT2D eigenvalue weighted by atomic mass is 16.1. The van der Waals surface area contributed by atoms with Crippen LogP contribution in [0.25, 0.3) is 0 Å². The molecule has 3 heteroatoms. The Morgan fingerprint density at radius 3 is 2.24 bits per heavy atom. The van der Waals surface area contributed by atoms with Crippen LogP contribution in [0.3, 0.4) is 0 Å². The molecule has 0 aliphatic carbocycles. The van der Waals surface area contributed by atoms with Gasteiger partial charge in [-0.15, -0.1) is 0 Å². The van der Waals surface area contributed by atoms with Crippen molar-refractivity contribution in [1.29, 1.82) is 0 Å². The van der Waals surface area contributed by atoms with E-state index in [-0.39, 0.29) is 5.78 Å². The Balaban J connectivity index is 2.46. The number of carbonyl (C=O) groups excluding carboxylic acids is 1.